The number of hydrogen-bond acceptors (Lipinski definition) is 4. The molecule has 0 aliphatic carbocycles. The van der Waals surface area contributed by atoms with E-state index in [-0.39, 0.29) is 23.7 Å². The summed E-state index contributed by atoms with van der Waals surface area (Å²) in [5.74, 6) is -0.402. The molecule has 1 N–H and O–H groups in total. The van der Waals surface area contributed by atoms with E-state index in [0.29, 0.717) is 6.42 Å². The molecule has 1 unspecified atom stereocenters. The SMILES string of the molecule is CCC(CC#N)NC(=O)c1cccc([N+](=O)[O-])c1. The lowest BCUT2D eigenvalue weighted by molar-refractivity contribution is -0.384. The Hall–Kier alpha value is -2.42. The zero-order valence-electron chi connectivity index (χ0n) is 9.92. The van der Waals surface area contributed by atoms with Crippen LogP contribution in [0.25, 0.3) is 0 Å². The van der Waals surface area contributed by atoms with Gasteiger partial charge in [-0.1, -0.05) is 13.0 Å². The van der Waals surface area contributed by atoms with E-state index in [4.69, 9.17) is 5.26 Å². The second-order valence-electron chi connectivity index (χ2n) is 3.75. The third-order valence-corrected chi connectivity index (χ3v) is 2.48. The quantitative estimate of drug-likeness (QED) is 0.635. The maximum atomic E-state index is 11.8. The first-order valence-corrected chi connectivity index (χ1v) is 5.50. The Labute approximate surface area is 104 Å². The van der Waals surface area contributed by atoms with Crippen LogP contribution in [0.5, 0.6) is 0 Å². The molecule has 6 nitrogen and oxygen atoms in total. The average molecular weight is 247 g/mol. The number of amides is 1. The van der Waals surface area contributed by atoms with Gasteiger partial charge in [0.05, 0.1) is 17.4 Å². The number of carbonyl (C=O) groups is 1. The van der Waals surface area contributed by atoms with Crippen LogP contribution in [0.3, 0.4) is 0 Å². The van der Waals surface area contributed by atoms with E-state index >= 15 is 0 Å². The molecule has 1 aromatic carbocycles. The van der Waals surface area contributed by atoms with Crippen LogP contribution in [-0.2, 0) is 0 Å². The molecule has 6 heteroatoms. The highest BCUT2D eigenvalue weighted by Gasteiger charge is 2.14. The van der Waals surface area contributed by atoms with Crippen molar-refractivity contribution in [1.29, 1.82) is 5.26 Å². The molecule has 18 heavy (non-hydrogen) atoms. The van der Waals surface area contributed by atoms with Crippen LogP contribution in [0.2, 0.25) is 0 Å². The summed E-state index contributed by atoms with van der Waals surface area (Å²) >= 11 is 0. The van der Waals surface area contributed by atoms with Gasteiger partial charge in [-0.3, -0.25) is 14.9 Å². The van der Waals surface area contributed by atoms with Gasteiger partial charge in [-0.2, -0.15) is 5.26 Å². The fraction of sp³-hybridized carbons (Fsp3) is 0.333. The number of nitro groups is 1. The van der Waals surface area contributed by atoms with Gasteiger partial charge in [-0.15, -0.1) is 0 Å². The summed E-state index contributed by atoms with van der Waals surface area (Å²) in [4.78, 5) is 21.9. The molecule has 0 fully saturated rings. The van der Waals surface area contributed by atoms with E-state index in [9.17, 15) is 14.9 Å². The summed E-state index contributed by atoms with van der Waals surface area (Å²) in [6, 6.07) is 7.25. The summed E-state index contributed by atoms with van der Waals surface area (Å²) < 4.78 is 0. The van der Waals surface area contributed by atoms with Crippen molar-refractivity contribution in [2.24, 2.45) is 0 Å². The van der Waals surface area contributed by atoms with E-state index in [1.54, 1.807) is 0 Å². The third-order valence-electron chi connectivity index (χ3n) is 2.48. The normalized spacial score (nSPS) is 11.3. The van der Waals surface area contributed by atoms with Gasteiger partial charge in [-0.25, -0.2) is 0 Å². The van der Waals surface area contributed by atoms with Crippen LogP contribution in [0, 0.1) is 21.4 Å². The van der Waals surface area contributed by atoms with Gasteiger partial charge in [0.15, 0.2) is 0 Å². The highest BCUT2D eigenvalue weighted by atomic mass is 16.6. The summed E-state index contributed by atoms with van der Waals surface area (Å²) in [6.45, 7) is 1.86. The van der Waals surface area contributed by atoms with Crippen molar-refractivity contribution in [1.82, 2.24) is 5.32 Å². The Morgan fingerprint density at radius 1 is 1.61 bits per heavy atom. The number of nitrogens with zero attached hydrogens (tertiary/aromatic N) is 2. The summed E-state index contributed by atoms with van der Waals surface area (Å²) in [7, 11) is 0. The summed E-state index contributed by atoms with van der Waals surface area (Å²) in [5, 5.41) is 21.8. The van der Waals surface area contributed by atoms with Crippen LogP contribution in [0.15, 0.2) is 24.3 Å². The first kappa shape index (κ1) is 13.6. The average Bonchev–Trinajstić information content (AvgIpc) is 2.38. The predicted octanol–water partition coefficient (Wildman–Crippen LogP) is 2.02. The lowest BCUT2D eigenvalue weighted by Gasteiger charge is -2.13. The monoisotopic (exact) mass is 247 g/mol. The van der Waals surface area contributed by atoms with E-state index < -0.39 is 10.8 Å². The van der Waals surface area contributed by atoms with Gasteiger partial charge >= 0.3 is 0 Å². The predicted molar refractivity (Wildman–Crippen MR) is 64.9 cm³/mol. The Morgan fingerprint density at radius 3 is 2.89 bits per heavy atom. The fourth-order valence-electron chi connectivity index (χ4n) is 1.44. The zero-order valence-corrected chi connectivity index (χ0v) is 9.92. The summed E-state index contributed by atoms with van der Waals surface area (Å²) in [5.41, 5.74) is 0.0940. The van der Waals surface area contributed by atoms with Crippen molar-refractivity contribution < 1.29 is 9.72 Å². The minimum absolute atomic E-state index is 0.129. The molecule has 0 spiro atoms. The molecule has 0 saturated heterocycles. The highest BCUT2D eigenvalue weighted by molar-refractivity contribution is 5.95. The molecule has 0 radical (unpaired) electrons. The Kier molecular flexibility index (Phi) is 4.81. The molecule has 0 aliphatic rings. The van der Waals surface area contributed by atoms with Gasteiger partial charge in [-0.05, 0) is 12.5 Å². The fourth-order valence-corrected chi connectivity index (χ4v) is 1.44. The lowest BCUT2D eigenvalue weighted by Crippen LogP contribution is -2.34. The summed E-state index contributed by atoms with van der Waals surface area (Å²) in [6.07, 6.45) is 0.853. The minimum atomic E-state index is -0.552. The van der Waals surface area contributed by atoms with Crippen LogP contribution >= 0.6 is 0 Å². The number of nitriles is 1. The van der Waals surface area contributed by atoms with E-state index in [1.807, 2.05) is 13.0 Å². The van der Waals surface area contributed by atoms with Gasteiger partial charge < -0.3 is 5.32 Å². The van der Waals surface area contributed by atoms with E-state index in [1.165, 1.54) is 24.3 Å². The number of carbonyl (C=O) groups excluding carboxylic acids is 1. The van der Waals surface area contributed by atoms with Gasteiger partial charge in [0.1, 0.15) is 0 Å². The van der Waals surface area contributed by atoms with Crippen molar-refractivity contribution in [2.75, 3.05) is 0 Å². The molecule has 0 aromatic heterocycles. The van der Waals surface area contributed by atoms with Crippen LogP contribution in [0.4, 0.5) is 5.69 Å². The Balaban J connectivity index is 2.81. The molecule has 1 rings (SSSR count). The molecule has 94 valence electrons. The van der Waals surface area contributed by atoms with Gasteiger partial charge in [0.25, 0.3) is 11.6 Å². The highest BCUT2D eigenvalue weighted by Crippen LogP contribution is 2.13. The minimum Gasteiger partial charge on any atom is -0.348 e. The second-order valence-corrected chi connectivity index (χ2v) is 3.75. The van der Waals surface area contributed by atoms with E-state index in [2.05, 4.69) is 5.32 Å². The molecule has 0 saturated carbocycles. The van der Waals surface area contributed by atoms with Gasteiger partial charge in [0.2, 0.25) is 0 Å². The topological polar surface area (TPSA) is 96.0 Å². The molecule has 1 atom stereocenters. The van der Waals surface area contributed by atoms with Crippen molar-refractivity contribution in [3.05, 3.63) is 39.9 Å². The van der Waals surface area contributed by atoms with Crippen LogP contribution < -0.4 is 5.32 Å². The van der Waals surface area contributed by atoms with Crippen LogP contribution in [0.1, 0.15) is 30.1 Å². The number of nitro benzene ring substituents is 1. The molecule has 0 bridgehead atoms. The van der Waals surface area contributed by atoms with Gasteiger partial charge in [0, 0.05) is 23.7 Å². The third kappa shape index (κ3) is 3.56. The number of rotatable bonds is 5. The van der Waals surface area contributed by atoms with Crippen molar-refractivity contribution in [3.63, 3.8) is 0 Å². The molecule has 1 amide bonds. The zero-order chi connectivity index (χ0) is 13.5. The Morgan fingerprint density at radius 2 is 2.33 bits per heavy atom. The number of nitrogens with one attached hydrogen (secondary N) is 1. The van der Waals surface area contributed by atoms with Crippen molar-refractivity contribution in [3.8, 4) is 6.07 Å². The van der Waals surface area contributed by atoms with E-state index in [0.717, 1.165) is 0 Å². The first-order valence-electron chi connectivity index (χ1n) is 5.50. The second kappa shape index (κ2) is 6.35. The largest absolute Gasteiger partial charge is 0.348 e. The lowest BCUT2D eigenvalue weighted by atomic mass is 10.1. The number of hydrogen-bond donors (Lipinski definition) is 1. The van der Waals surface area contributed by atoms with Crippen molar-refractivity contribution in [2.45, 2.75) is 25.8 Å². The molecule has 0 heterocycles. The Bertz CT molecular complexity index is 494. The molecular weight excluding hydrogens is 234 g/mol. The number of non-ortho nitro benzene ring substituents is 1. The van der Waals surface area contributed by atoms with Crippen LogP contribution in [-0.4, -0.2) is 16.9 Å². The molecule has 1 aromatic rings. The molecule has 0 aliphatic heterocycles. The smallest absolute Gasteiger partial charge is 0.270 e. The number of benzene rings is 1. The first-order chi connectivity index (χ1) is 8.58. The standard InChI is InChI=1S/C12H13N3O3/c1-2-10(6-7-13)14-12(16)9-4-3-5-11(8-9)15(17)18/h3-5,8,10H,2,6H2,1H3,(H,14,16). The molecular formula is C12H13N3O3. The van der Waals surface area contributed by atoms with Crippen molar-refractivity contribution >= 4 is 11.6 Å². The maximum absolute atomic E-state index is 11.8. The maximum Gasteiger partial charge on any atom is 0.270 e.